The maximum atomic E-state index is 12.4. The standard InChI is InChI=1S/C21H24N2O4/c1-14-4-6-16(7-5-14)20(25)17-8-10-18(11-9-17)27-13-15(2)21(26)23-12-19(24)22-3/h4-11,15H,12-13H2,1-3H3,(H,22,24)(H,23,26). The summed E-state index contributed by atoms with van der Waals surface area (Å²) < 4.78 is 5.61. The number of ketones is 1. The molecule has 0 saturated heterocycles. The lowest BCUT2D eigenvalue weighted by molar-refractivity contribution is -0.128. The molecule has 0 aromatic heterocycles. The third kappa shape index (κ3) is 5.95. The molecule has 6 nitrogen and oxygen atoms in total. The van der Waals surface area contributed by atoms with Crippen LogP contribution in [0.1, 0.15) is 28.4 Å². The van der Waals surface area contributed by atoms with Crippen molar-refractivity contribution < 1.29 is 19.1 Å². The molecule has 142 valence electrons. The second-order valence-corrected chi connectivity index (χ2v) is 6.32. The Balaban J connectivity index is 1.88. The molecule has 0 fully saturated rings. The number of aryl methyl sites for hydroxylation is 1. The highest BCUT2D eigenvalue weighted by Gasteiger charge is 2.15. The summed E-state index contributed by atoms with van der Waals surface area (Å²) in [6.07, 6.45) is 0. The predicted molar refractivity (Wildman–Crippen MR) is 103 cm³/mol. The van der Waals surface area contributed by atoms with Gasteiger partial charge in [0.05, 0.1) is 19.1 Å². The summed E-state index contributed by atoms with van der Waals surface area (Å²) in [5, 5.41) is 4.97. The molecule has 0 aliphatic rings. The Kier molecular flexibility index (Phi) is 7.11. The first kappa shape index (κ1) is 20.2. The zero-order valence-corrected chi connectivity index (χ0v) is 15.7. The lowest BCUT2D eigenvalue weighted by Crippen LogP contribution is -2.39. The van der Waals surface area contributed by atoms with Gasteiger partial charge in [0.25, 0.3) is 0 Å². The Morgan fingerprint density at radius 2 is 1.52 bits per heavy atom. The van der Waals surface area contributed by atoms with Crippen LogP contribution < -0.4 is 15.4 Å². The van der Waals surface area contributed by atoms with Gasteiger partial charge in [-0.3, -0.25) is 14.4 Å². The normalized spacial score (nSPS) is 11.4. The van der Waals surface area contributed by atoms with Crippen LogP contribution in [0.4, 0.5) is 0 Å². The van der Waals surface area contributed by atoms with Gasteiger partial charge in [-0.05, 0) is 31.2 Å². The lowest BCUT2D eigenvalue weighted by atomic mass is 10.0. The first-order valence-corrected chi connectivity index (χ1v) is 8.73. The minimum atomic E-state index is -0.413. The van der Waals surface area contributed by atoms with Crippen molar-refractivity contribution in [1.82, 2.24) is 10.6 Å². The minimum absolute atomic E-state index is 0.0523. The summed E-state index contributed by atoms with van der Waals surface area (Å²) in [7, 11) is 1.51. The van der Waals surface area contributed by atoms with E-state index in [0.29, 0.717) is 16.9 Å². The van der Waals surface area contributed by atoms with Gasteiger partial charge in [0, 0.05) is 18.2 Å². The monoisotopic (exact) mass is 368 g/mol. The Labute approximate surface area is 158 Å². The summed E-state index contributed by atoms with van der Waals surface area (Å²) in [6, 6.07) is 14.2. The number of benzene rings is 2. The Morgan fingerprint density at radius 1 is 0.963 bits per heavy atom. The van der Waals surface area contributed by atoms with E-state index in [1.54, 1.807) is 43.3 Å². The number of hydrogen-bond acceptors (Lipinski definition) is 4. The molecule has 2 aromatic rings. The van der Waals surface area contributed by atoms with E-state index < -0.39 is 5.92 Å². The number of likely N-dealkylation sites (N-methyl/N-ethyl adjacent to an activating group) is 1. The number of hydrogen-bond donors (Lipinski definition) is 2. The van der Waals surface area contributed by atoms with Crippen molar-refractivity contribution in [1.29, 1.82) is 0 Å². The Bertz CT molecular complexity index is 798. The molecule has 2 amide bonds. The molecule has 2 aromatic carbocycles. The number of carbonyl (C=O) groups excluding carboxylic acids is 3. The third-order valence-corrected chi connectivity index (χ3v) is 4.08. The van der Waals surface area contributed by atoms with Gasteiger partial charge < -0.3 is 15.4 Å². The van der Waals surface area contributed by atoms with E-state index in [4.69, 9.17) is 4.74 Å². The molecule has 27 heavy (non-hydrogen) atoms. The summed E-state index contributed by atoms with van der Waals surface area (Å²) in [5.74, 6) is -0.413. The van der Waals surface area contributed by atoms with Crippen molar-refractivity contribution in [3.8, 4) is 5.75 Å². The fourth-order valence-corrected chi connectivity index (χ4v) is 2.30. The van der Waals surface area contributed by atoms with E-state index in [-0.39, 0.29) is 30.7 Å². The molecule has 0 aliphatic carbocycles. The van der Waals surface area contributed by atoms with Crippen LogP contribution in [0.5, 0.6) is 5.75 Å². The van der Waals surface area contributed by atoms with Gasteiger partial charge in [0.15, 0.2) is 5.78 Å². The number of rotatable bonds is 8. The molecule has 0 heterocycles. The van der Waals surface area contributed by atoms with Gasteiger partial charge in [0.1, 0.15) is 5.75 Å². The van der Waals surface area contributed by atoms with Crippen LogP contribution in [0.3, 0.4) is 0 Å². The van der Waals surface area contributed by atoms with Crippen molar-refractivity contribution in [2.24, 2.45) is 5.92 Å². The van der Waals surface area contributed by atoms with Gasteiger partial charge in [-0.1, -0.05) is 36.8 Å². The highest BCUT2D eigenvalue weighted by atomic mass is 16.5. The molecule has 1 unspecified atom stereocenters. The SMILES string of the molecule is CNC(=O)CNC(=O)C(C)COc1ccc(C(=O)c2ccc(C)cc2)cc1. The smallest absolute Gasteiger partial charge is 0.239 e. The van der Waals surface area contributed by atoms with Gasteiger partial charge in [-0.25, -0.2) is 0 Å². The second-order valence-electron chi connectivity index (χ2n) is 6.32. The van der Waals surface area contributed by atoms with Crippen LogP contribution in [0, 0.1) is 12.8 Å². The lowest BCUT2D eigenvalue weighted by Gasteiger charge is -2.13. The van der Waals surface area contributed by atoms with Crippen LogP contribution in [0.25, 0.3) is 0 Å². The van der Waals surface area contributed by atoms with Crippen molar-refractivity contribution in [2.45, 2.75) is 13.8 Å². The largest absolute Gasteiger partial charge is 0.493 e. The van der Waals surface area contributed by atoms with E-state index in [2.05, 4.69) is 10.6 Å². The second kappa shape index (κ2) is 9.52. The molecule has 6 heteroatoms. The van der Waals surface area contributed by atoms with E-state index in [1.165, 1.54) is 7.05 Å². The Morgan fingerprint density at radius 3 is 2.07 bits per heavy atom. The predicted octanol–water partition coefficient (Wildman–Crippen LogP) is 2.10. The summed E-state index contributed by atoms with van der Waals surface area (Å²) >= 11 is 0. The van der Waals surface area contributed by atoms with Crippen LogP contribution >= 0.6 is 0 Å². The first-order chi connectivity index (χ1) is 12.9. The van der Waals surface area contributed by atoms with Crippen molar-refractivity contribution in [3.05, 3.63) is 65.2 Å². The molecule has 0 aliphatic heterocycles. The average molecular weight is 368 g/mol. The molecule has 0 saturated carbocycles. The van der Waals surface area contributed by atoms with E-state index >= 15 is 0 Å². The van der Waals surface area contributed by atoms with E-state index in [1.807, 2.05) is 19.1 Å². The maximum absolute atomic E-state index is 12.4. The quantitative estimate of drug-likeness (QED) is 0.699. The molecule has 0 bridgehead atoms. The van der Waals surface area contributed by atoms with Crippen molar-refractivity contribution in [2.75, 3.05) is 20.2 Å². The van der Waals surface area contributed by atoms with Crippen LogP contribution in [-0.2, 0) is 9.59 Å². The maximum Gasteiger partial charge on any atom is 0.239 e. The average Bonchev–Trinajstić information content (AvgIpc) is 2.70. The number of carbonyl (C=O) groups is 3. The fraction of sp³-hybridized carbons (Fsp3) is 0.286. The van der Waals surface area contributed by atoms with Gasteiger partial charge in [-0.2, -0.15) is 0 Å². The molecule has 1 atom stereocenters. The molecule has 0 spiro atoms. The van der Waals surface area contributed by atoms with Crippen LogP contribution in [0.15, 0.2) is 48.5 Å². The summed E-state index contributed by atoms with van der Waals surface area (Å²) in [5.41, 5.74) is 2.31. The van der Waals surface area contributed by atoms with Gasteiger partial charge in [0.2, 0.25) is 11.8 Å². The van der Waals surface area contributed by atoms with Crippen LogP contribution in [-0.4, -0.2) is 37.8 Å². The van der Waals surface area contributed by atoms with Crippen molar-refractivity contribution in [3.63, 3.8) is 0 Å². The summed E-state index contributed by atoms with van der Waals surface area (Å²) in [6.45, 7) is 3.80. The highest BCUT2D eigenvalue weighted by Crippen LogP contribution is 2.16. The number of ether oxygens (including phenoxy) is 1. The molecular formula is C21H24N2O4. The fourth-order valence-electron chi connectivity index (χ4n) is 2.30. The highest BCUT2D eigenvalue weighted by molar-refractivity contribution is 6.09. The first-order valence-electron chi connectivity index (χ1n) is 8.73. The van der Waals surface area contributed by atoms with Gasteiger partial charge in [-0.15, -0.1) is 0 Å². The van der Waals surface area contributed by atoms with E-state index in [0.717, 1.165) is 5.56 Å². The van der Waals surface area contributed by atoms with Gasteiger partial charge >= 0.3 is 0 Å². The molecule has 0 radical (unpaired) electrons. The van der Waals surface area contributed by atoms with E-state index in [9.17, 15) is 14.4 Å². The topological polar surface area (TPSA) is 84.5 Å². The van der Waals surface area contributed by atoms with Crippen molar-refractivity contribution >= 4 is 17.6 Å². The molecule has 2 N–H and O–H groups in total. The summed E-state index contributed by atoms with van der Waals surface area (Å²) in [4.78, 5) is 35.5. The molecular weight excluding hydrogens is 344 g/mol. The third-order valence-electron chi connectivity index (χ3n) is 4.08. The Hall–Kier alpha value is -3.15. The molecule has 2 rings (SSSR count). The zero-order valence-electron chi connectivity index (χ0n) is 15.7. The number of nitrogens with one attached hydrogen (secondary N) is 2. The minimum Gasteiger partial charge on any atom is -0.493 e. The van der Waals surface area contributed by atoms with Crippen LogP contribution in [0.2, 0.25) is 0 Å². The zero-order chi connectivity index (χ0) is 19.8. The number of amides is 2.